The summed E-state index contributed by atoms with van der Waals surface area (Å²) in [6, 6.07) is 7.62. The van der Waals surface area contributed by atoms with Gasteiger partial charge in [0.2, 0.25) is 5.91 Å². The topological polar surface area (TPSA) is 75.2 Å². The summed E-state index contributed by atoms with van der Waals surface area (Å²) in [6.45, 7) is 3.17. The minimum atomic E-state index is -0.0745. The molecule has 1 heterocycles. The molecule has 1 amide bonds. The highest BCUT2D eigenvalue weighted by Gasteiger charge is 2.19. The lowest BCUT2D eigenvalue weighted by Gasteiger charge is -2.24. The fourth-order valence-corrected chi connectivity index (χ4v) is 2.75. The molecule has 25 heavy (non-hydrogen) atoms. The van der Waals surface area contributed by atoms with Crippen molar-refractivity contribution >= 4 is 11.9 Å². The van der Waals surface area contributed by atoms with Crippen LogP contribution in [0.3, 0.4) is 0 Å². The molecule has 0 spiro atoms. The van der Waals surface area contributed by atoms with Crippen molar-refractivity contribution in [3.63, 3.8) is 0 Å². The fraction of sp³-hybridized carbons (Fsp3) is 0.556. The van der Waals surface area contributed by atoms with Crippen LogP contribution < -0.4 is 15.4 Å². The van der Waals surface area contributed by atoms with Crippen LogP contribution in [0.5, 0.6) is 5.75 Å². The average molecular weight is 348 g/mol. The predicted octanol–water partition coefficient (Wildman–Crippen LogP) is 0.855. The third-order valence-corrected chi connectivity index (χ3v) is 4.19. The monoisotopic (exact) mass is 348 g/mol. The lowest BCUT2D eigenvalue weighted by Crippen LogP contribution is -2.45. The van der Waals surface area contributed by atoms with E-state index in [1.165, 1.54) is 0 Å². The van der Waals surface area contributed by atoms with E-state index in [1.54, 1.807) is 14.2 Å². The second-order valence-corrected chi connectivity index (χ2v) is 6.14. The second-order valence-electron chi connectivity index (χ2n) is 6.14. The number of methoxy groups -OCH3 is 1. The zero-order valence-corrected chi connectivity index (χ0v) is 15.2. The Morgan fingerprint density at radius 1 is 1.36 bits per heavy atom. The smallest absolute Gasteiger partial charge is 0.239 e. The van der Waals surface area contributed by atoms with E-state index in [2.05, 4.69) is 15.6 Å². The normalized spacial score (nSPS) is 17.2. The van der Waals surface area contributed by atoms with Gasteiger partial charge in [-0.2, -0.15) is 0 Å². The summed E-state index contributed by atoms with van der Waals surface area (Å²) in [5.74, 6) is 1.96. The van der Waals surface area contributed by atoms with Crippen LogP contribution in [0.2, 0.25) is 0 Å². The maximum absolute atomic E-state index is 12.0. The van der Waals surface area contributed by atoms with Crippen molar-refractivity contribution in [1.82, 2.24) is 15.5 Å². The van der Waals surface area contributed by atoms with Gasteiger partial charge in [-0.3, -0.25) is 9.79 Å². The minimum absolute atomic E-state index is 0.0745. The van der Waals surface area contributed by atoms with Gasteiger partial charge in [0.1, 0.15) is 5.75 Å². The summed E-state index contributed by atoms with van der Waals surface area (Å²) in [5, 5.41) is 5.99. The predicted molar refractivity (Wildman–Crippen MR) is 97.8 cm³/mol. The van der Waals surface area contributed by atoms with Crippen LogP contribution >= 0.6 is 0 Å². The fourth-order valence-electron chi connectivity index (χ4n) is 2.75. The third-order valence-electron chi connectivity index (χ3n) is 4.19. The summed E-state index contributed by atoms with van der Waals surface area (Å²) < 4.78 is 10.5. The lowest BCUT2D eigenvalue weighted by atomic mass is 10.1. The quantitative estimate of drug-likeness (QED) is 0.565. The molecule has 1 atom stereocenters. The van der Waals surface area contributed by atoms with Gasteiger partial charge in [-0.05, 0) is 24.1 Å². The van der Waals surface area contributed by atoms with Gasteiger partial charge in [0.15, 0.2) is 5.96 Å². The minimum Gasteiger partial charge on any atom is -0.497 e. The molecule has 0 saturated carbocycles. The van der Waals surface area contributed by atoms with Crippen molar-refractivity contribution in [2.75, 3.05) is 47.5 Å². The maximum atomic E-state index is 12.0. The molecule has 1 aliphatic heterocycles. The highest BCUT2D eigenvalue weighted by molar-refractivity contribution is 5.86. The Balaban J connectivity index is 1.71. The molecule has 0 aliphatic carbocycles. The molecule has 1 unspecified atom stereocenters. The molecule has 1 fully saturated rings. The molecular formula is C18H28N4O3. The summed E-state index contributed by atoms with van der Waals surface area (Å²) in [6.07, 6.45) is 1.07. The first-order chi connectivity index (χ1) is 12.1. The first kappa shape index (κ1) is 19.1. The van der Waals surface area contributed by atoms with Gasteiger partial charge < -0.3 is 25.0 Å². The van der Waals surface area contributed by atoms with Crippen LogP contribution in [-0.4, -0.2) is 64.3 Å². The van der Waals surface area contributed by atoms with Gasteiger partial charge in [-0.1, -0.05) is 12.1 Å². The van der Waals surface area contributed by atoms with Gasteiger partial charge in [0.05, 0.1) is 20.3 Å². The van der Waals surface area contributed by atoms with Crippen molar-refractivity contribution in [2.45, 2.75) is 13.0 Å². The number of nitrogens with zero attached hydrogens (tertiary/aromatic N) is 2. The molecule has 7 heteroatoms. The number of rotatable bonds is 7. The molecule has 2 N–H and O–H groups in total. The number of benzene rings is 1. The number of carbonyl (C=O) groups excluding carboxylic acids is 1. The highest BCUT2D eigenvalue weighted by atomic mass is 16.5. The molecule has 1 aromatic rings. The first-order valence-electron chi connectivity index (χ1n) is 8.51. The van der Waals surface area contributed by atoms with Crippen LogP contribution in [0.25, 0.3) is 0 Å². The van der Waals surface area contributed by atoms with Crippen LogP contribution in [0.1, 0.15) is 12.0 Å². The van der Waals surface area contributed by atoms with E-state index < -0.39 is 0 Å². The number of hydrogen-bond donors (Lipinski definition) is 2. The van der Waals surface area contributed by atoms with E-state index >= 15 is 0 Å². The van der Waals surface area contributed by atoms with Crippen LogP contribution in [0.4, 0.5) is 0 Å². The van der Waals surface area contributed by atoms with Gasteiger partial charge in [0, 0.05) is 39.7 Å². The van der Waals surface area contributed by atoms with E-state index in [9.17, 15) is 4.79 Å². The van der Waals surface area contributed by atoms with Gasteiger partial charge in [-0.15, -0.1) is 0 Å². The SMILES string of the molecule is CN=C(NCC(=O)NCc1ccc(OC)cc1)N(C)CC1CCOC1. The number of carbonyl (C=O) groups is 1. The Bertz CT molecular complexity index is 568. The van der Waals surface area contributed by atoms with E-state index in [0.717, 1.165) is 37.5 Å². The summed E-state index contributed by atoms with van der Waals surface area (Å²) >= 11 is 0. The van der Waals surface area contributed by atoms with Crippen molar-refractivity contribution in [2.24, 2.45) is 10.9 Å². The van der Waals surface area contributed by atoms with Gasteiger partial charge in [0.25, 0.3) is 0 Å². The van der Waals surface area contributed by atoms with Crippen molar-refractivity contribution in [3.8, 4) is 5.75 Å². The molecule has 1 aromatic carbocycles. The summed E-state index contributed by atoms with van der Waals surface area (Å²) in [7, 11) is 5.33. The Kier molecular flexibility index (Phi) is 7.53. The van der Waals surface area contributed by atoms with Crippen molar-refractivity contribution < 1.29 is 14.3 Å². The first-order valence-corrected chi connectivity index (χ1v) is 8.51. The Labute approximate surface area is 149 Å². The Hall–Kier alpha value is -2.28. The zero-order chi connectivity index (χ0) is 18.1. The number of ether oxygens (including phenoxy) is 2. The average Bonchev–Trinajstić information content (AvgIpc) is 3.14. The lowest BCUT2D eigenvalue weighted by molar-refractivity contribution is -0.120. The highest BCUT2D eigenvalue weighted by Crippen LogP contribution is 2.13. The number of aliphatic imine (C=N–C) groups is 1. The molecule has 0 aromatic heterocycles. The molecule has 7 nitrogen and oxygen atoms in total. The van der Waals surface area contributed by atoms with E-state index in [-0.39, 0.29) is 12.5 Å². The van der Waals surface area contributed by atoms with Gasteiger partial charge in [-0.25, -0.2) is 0 Å². The molecule has 2 rings (SSSR count). The molecule has 0 radical (unpaired) electrons. The molecular weight excluding hydrogens is 320 g/mol. The third kappa shape index (κ3) is 6.26. The number of hydrogen-bond acceptors (Lipinski definition) is 4. The number of guanidine groups is 1. The van der Waals surface area contributed by atoms with Crippen molar-refractivity contribution in [1.29, 1.82) is 0 Å². The van der Waals surface area contributed by atoms with Gasteiger partial charge >= 0.3 is 0 Å². The Morgan fingerprint density at radius 2 is 2.12 bits per heavy atom. The molecule has 1 aliphatic rings. The molecule has 138 valence electrons. The summed E-state index contributed by atoms with van der Waals surface area (Å²) in [5.41, 5.74) is 1.02. The standard InChI is InChI=1S/C18H28N4O3/c1-19-18(22(2)12-15-8-9-25-13-15)21-11-17(23)20-10-14-4-6-16(24-3)7-5-14/h4-7,15H,8-13H2,1-3H3,(H,19,21)(H,20,23). The largest absolute Gasteiger partial charge is 0.497 e. The molecule has 1 saturated heterocycles. The number of amides is 1. The van der Waals surface area contributed by atoms with Crippen LogP contribution in [0, 0.1) is 5.92 Å². The van der Waals surface area contributed by atoms with E-state index in [4.69, 9.17) is 9.47 Å². The maximum Gasteiger partial charge on any atom is 0.239 e. The van der Waals surface area contributed by atoms with Crippen LogP contribution in [0.15, 0.2) is 29.3 Å². The zero-order valence-electron chi connectivity index (χ0n) is 15.2. The van der Waals surface area contributed by atoms with E-state index in [1.807, 2.05) is 36.2 Å². The van der Waals surface area contributed by atoms with Crippen molar-refractivity contribution in [3.05, 3.63) is 29.8 Å². The summed E-state index contributed by atoms with van der Waals surface area (Å²) in [4.78, 5) is 18.3. The molecule has 0 bridgehead atoms. The van der Waals surface area contributed by atoms with Crippen LogP contribution in [-0.2, 0) is 16.1 Å². The second kappa shape index (κ2) is 9.88. The number of nitrogens with one attached hydrogen (secondary N) is 2. The van der Waals surface area contributed by atoms with E-state index in [0.29, 0.717) is 18.4 Å². The Morgan fingerprint density at radius 3 is 2.72 bits per heavy atom.